The van der Waals surface area contributed by atoms with Crippen LogP contribution >= 0.6 is 11.3 Å². The fourth-order valence-corrected chi connectivity index (χ4v) is 3.65. The molecular weight excluding hydrogens is 515 g/mol. The molecule has 0 aliphatic rings. The Morgan fingerprint density at radius 2 is 1.86 bits per heavy atom. The van der Waals surface area contributed by atoms with Gasteiger partial charge in [0.1, 0.15) is 0 Å². The zero-order chi connectivity index (χ0) is 26.6. The van der Waals surface area contributed by atoms with Crippen molar-refractivity contribution in [3.8, 4) is 10.6 Å². The minimum absolute atomic E-state index is 0.253. The Morgan fingerprint density at radius 1 is 1.08 bits per heavy atom. The van der Waals surface area contributed by atoms with E-state index in [0.717, 1.165) is 22.2 Å². The fraction of sp³-hybridized carbons (Fsp3) is 0.0952. The third-order valence-corrected chi connectivity index (χ3v) is 5.46. The second-order valence-electron chi connectivity index (χ2n) is 7.33. The highest BCUT2D eigenvalue weighted by atomic mass is 32.1. The average Bonchev–Trinajstić information content (AvgIpc) is 3.60. The van der Waals surface area contributed by atoms with E-state index in [0.29, 0.717) is 21.4 Å². The standard InChI is InChI=1S/C19H15N9OS.C2HF3O2/c1-28-10-13(8-22-28)17(29)23-15-5-12(6-20-9-15)18-26-27-19(30-18)24-14-2-3-16-11(4-14)7-21-25-16;3-2(4,5)1(6)7/h2-10H,1H3,(H,21,25)(H,23,29)(H,24,27);(H,6,7). The predicted octanol–water partition coefficient (Wildman–Crippen LogP) is 3.84. The molecule has 0 aliphatic heterocycles. The summed E-state index contributed by atoms with van der Waals surface area (Å²) in [7, 11) is 1.76. The molecule has 5 aromatic rings. The maximum Gasteiger partial charge on any atom is 0.490 e. The van der Waals surface area contributed by atoms with Gasteiger partial charge in [-0.25, -0.2) is 4.79 Å². The van der Waals surface area contributed by atoms with Crippen molar-refractivity contribution >= 4 is 50.6 Å². The lowest BCUT2D eigenvalue weighted by Crippen LogP contribution is -2.21. The maximum atomic E-state index is 12.3. The van der Waals surface area contributed by atoms with Crippen LogP contribution in [0.4, 0.5) is 29.7 Å². The van der Waals surface area contributed by atoms with Gasteiger partial charge in [-0.1, -0.05) is 11.3 Å². The van der Waals surface area contributed by atoms with E-state index < -0.39 is 12.1 Å². The molecule has 4 heterocycles. The van der Waals surface area contributed by atoms with Crippen LogP contribution in [0.1, 0.15) is 10.4 Å². The number of alkyl halides is 3. The van der Waals surface area contributed by atoms with E-state index in [1.807, 2.05) is 24.3 Å². The average molecular weight is 531 g/mol. The summed E-state index contributed by atoms with van der Waals surface area (Å²) < 4.78 is 33.3. The number of aliphatic carboxylic acids is 1. The van der Waals surface area contributed by atoms with Crippen LogP contribution in [0.2, 0.25) is 0 Å². The van der Waals surface area contributed by atoms with E-state index in [1.165, 1.54) is 17.5 Å². The van der Waals surface area contributed by atoms with E-state index in [-0.39, 0.29) is 5.91 Å². The Bertz CT molecular complexity index is 1560. The van der Waals surface area contributed by atoms with Gasteiger partial charge in [-0.05, 0) is 24.3 Å². The molecule has 37 heavy (non-hydrogen) atoms. The van der Waals surface area contributed by atoms with Crippen LogP contribution in [0.5, 0.6) is 0 Å². The van der Waals surface area contributed by atoms with Gasteiger partial charge in [0.15, 0.2) is 5.01 Å². The second-order valence-corrected chi connectivity index (χ2v) is 8.31. The van der Waals surface area contributed by atoms with E-state index >= 15 is 0 Å². The number of rotatable bonds is 5. The Labute approximate surface area is 209 Å². The highest BCUT2D eigenvalue weighted by Gasteiger charge is 2.38. The van der Waals surface area contributed by atoms with Crippen LogP contribution in [0.25, 0.3) is 21.5 Å². The van der Waals surface area contributed by atoms with Gasteiger partial charge in [0, 0.05) is 36.1 Å². The summed E-state index contributed by atoms with van der Waals surface area (Å²) in [6.45, 7) is 0. The number of halogens is 3. The summed E-state index contributed by atoms with van der Waals surface area (Å²) in [6, 6.07) is 7.68. The Kier molecular flexibility index (Phi) is 7.10. The molecule has 0 spiro atoms. The zero-order valence-electron chi connectivity index (χ0n) is 18.7. The number of hydrogen-bond acceptors (Lipinski definition) is 9. The third kappa shape index (κ3) is 6.43. The molecule has 0 aliphatic carbocycles. The smallest absolute Gasteiger partial charge is 0.475 e. The van der Waals surface area contributed by atoms with Crippen LogP contribution in [0.3, 0.4) is 0 Å². The maximum absolute atomic E-state index is 12.3. The summed E-state index contributed by atoms with van der Waals surface area (Å²) in [5, 5.41) is 34.9. The van der Waals surface area contributed by atoms with Gasteiger partial charge in [-0.2, -0.15) is 23.4 Å². The van der Waals surface area contributed by atoms with Gasteiger partial charge in [-0.15, -0.1) is 10.2 Å². The van der Waals surface area contributed by atoms with E-state index in [1.54, 1.807) is 36.5 Å². The predicted molar refractivity (Wildman–Crippen MR) is 127 cm³/mol. The van der Waals surface area contributed by atoms with E-state index in [9.17, 15) is 18.0 Å². The Balaban J connectivity index is 0.000000405. The molecular formula is C21H16F3N9O3S. The fourth-order valence-electron chi connectivity index (χ4n) is 2.90. The minimum Gasteiger partial charge on any atom is -0.475 e. The molecule has 1 amide bonds. The number of aromatic nitrogens is 7. The van der Waals surface area contributed by atoms with E-state index in [4.69, 9.17) is 9.90 Å². The van der Waals surface area contributed by atoms with Gasteiger partial charge >= 0.3 is 12.1 Å². The van der Waals surface area contributed by atoms with Crippen LogP contribution < -0.4 is 10.6 Å². The van der Waals surface area contributed by atoms with Gasteiger partial charge < -0.3 is 15.7 Å². The molecule has 190 valence electrons. The summed E-state index contributed by atoms with van der Waals surface area (Å²) in [5.74, 6) is -3.01. The molecule has 0 radical (unpaired) electrons. The molecule has 0 fully saturated rings. The molecule has 4 aromatic heterocycles. The molecule has 12 nitrogen and oxygen atoms in total. The molecule has 1 aromatic carbocycles. The SMILES string of the molecule is Cn1cc(C(=O)Nc2cncc(-c3nnc(Nc4ccc5[nH]ncc5c4)s3)c2)cn1.O=C(O)C(F)(F)F. The van der Waals surface area contributed by atoms with Crippen molar-refractivity contribution in [1.29, 1.82) is 0 Å². The van der Waals surface area contributed by atoms with Crippen molar-refractivity contribution in [3.63, 3.8) is 0 Å². The number of carbonyl (C=O) groups is 2. The Morgan fingerprint density at radius 3 is 2.57 bits per heavy atom. The van der Waals surface area contributed by atoms with Crippen molar-refractivity contribution in [1.82, 2.24) is 35.2 Å². The number of benzene rings is 1. The number of anilines is 3. The highest BCUT2D eigenvalue weighted by Crippen LogP contribution is 2.30. The number of nitrogens with zero attached hydrogens (tertiary/aromatic N) is 6. The van der Waals surface area contributed by atoms with Crippen LogP contribution in [-0.4, -0.2) is 58.3 Å². The van der Waals surface area contributed by atoms with Crippen molar-refractivity contribution < 1.29 is 27.9 Å². The van der Waals surface area contributed by atoms with Crippen LogP contribution in [0, 0.1) is 0 Å². The number of H-pyrrole nitrogens is 1. The first-order valence-electron chi connectivity index (χ1n) is 10.2. The number of amides is 1. The van der Waals surface area contributed by atoms with E-state index in [2.05, 4.69) is 41.1 Å². The summed E-state index contributed by atoms with van der Waals surface area (Å²) in [5.41, 5.74) is 3.66. The van der Waals surface area contributed by atoms with Gasteiger partial charge in [0.2, 0.25) is 5.13 Å². The second kappa shape index (κ2) is 10.4. The number of carbonyl (C=O) groups excluding carboxylic acids is 1. The topological polar surface area (TPSA) is 164 Å². The zero-order valence-corrected chi connectivity index (χ0v) is 19.5. The molecule has 4 N–H and O–H groups in total. The third-order valence-electron chi connectivity index (χ3n) is 4.57. The van der Waals surface area contributed by atoms with Crippen LogP contribution in [-0.2, 0) is 11.8 Å². The summed E-state index contributed by atoms with van der Waals surface area (Å²) >= 11 is 1.39. The normalized spacial score (nSPS) is 11.0. The van der Waals surface area contributed by atoms with Crippen molar-refractivity contribution in [2.24, 2.45) is 7.05 Å². The van der Waals surface area contributed by atoms with Crippen LogP contribution in [0.15, 0.2) is 55.2 Å². The summed E-state index contributed by atoms with van der Waals surface area (Å²) in [4.78, 5) is 25.4. The molecule has 5 rings (SSSR count). The first-order chi connectivity index (χ1) is 17.6. The lowest BCUT2D eigenvalue weighted by atomic mass is 10.2. The number of nitrogens with one attached hydrogen (secondary N) is 3. The van der Waals surface area contributed by atoms with Crippen molar-refractivity contribution in [3.05, 3.63) is 60.8 Å². The monoisotopic (exact) mass is 531 g/mol. The lowest BCUT2D eigenvalue weighted by Gasteiger charge is -2.04. The quantitative estimate of drug-likeness (QED) is 0.264. The number of aromatic amines is 1. The number of aryl methyl sites for hydroxylation is 1. The number of carboxylic acid groups (broad SMARTS) is 1. The minimum atomic E-state index is -5.08. The first-order valence-corrected chi connectivity index (χ1v) is 11.0. The van der Waals surface area contributed by atoms with Gasteiger partial charge in [-0.3, -0.25) is 19.6 Å². The Hall–Kier alpha value is -4.86. The van der Waals surface area contributed by atoms with Gasteiger partial charge in [0.05, 0.1) is 35.4 Å². The summed E-state index contributed by atoms with van der Waals surface area (Å²) in [6.07, 6.45) is 3.11. The van der Waals surface area contributed by atoms with Gasteiger partial charge in [0.25, 0.3) is 5.91 Å². The van der Waals surface area contributed by atoms with Crippen molar-refractivity contribution in [2.45, 2.75) is 6.18 Å². The molecule has 16 heteroatoms. The van der Waals surface area contributed by atoms with Crippen molar-refractivity contribution in [2.75, 3.05) is 10.6 Å². The number of pyridine rings is 1. The number of carboxylic acids is 1. The molecule has 0 saturated heterocycles. The number of hydrogen-bond donors (Lipinski definition) is 4. The largest absolute Gasteiger partial charge is 0.490 e. The molecule has 0 bridgehead atoms. The number of fused-ring (bicyclic) bond motifs is 1. The lowest BCUT2D eigenvalue weighted by molar-refractivity contribution is -0.192. The highest BCUT2D eigenvalue weighted by molar-refractivity contribution is 7.18. The molecule has 0 unspecified atom stereocenters. The molecule has 0 atom stereocenters. The molecule has 0 saturated carbocycles. The first kappa shape index (κ1) is 25.2.